The summed E-state index contributed by atoms with van der Waals surface area (Å²) >= 11 is 0. The molecule has 1 fully saturated rings. The third-order valence-electron chi connectivity index (χ3n) is 5.55. The van der Waals surface area contributed by atoms with E-state index in [0.717, 1.165) is 48.2 Å². The first kappa shape index (κ1) is 18.6. The largest absolute Gasteiger partial charge is 0.339 e. The minimum absolute atomic E-state index is 0.0717. The number of pyridine rings is 1. The molecule has 1 aliphatic heterocycles. The van der Waals surface area contributed by atoms with Gasteiger partial charge >= 0.3 is 0 Å². The summed E-state index contributed by atoms with van der Waals surface area (Å²) in [4.78, 5) is 20.2. The topological polar surface area (TPSA) is 63.1 Å². The Morgan fingerprint density at radius 1 is 1.18 bits per heavy atom. The molecule has 1 amide bonds. The number of rotatable bonds is 4. The van der Waals surface area contributed by atoms with Crippen molar-refractivity contribution in [3.63, 3.8) is 0 Å². The first-order valence-corrected chi connectivity index (χ1v) is 9.98. The van der Waals surface area contributed by atoms with E-state index in [1.54, 1.807) is 6.20 Å². The Balaban J connectivity index is 1.79. The highest BCUT2D eigenvalue weighted by atomic mass is 16.2. The van der Waals surface area contributed by atoms with E-state index in [4.69, 9.17) is 4.98 Å². The van der Waals surface area contributed by atoms with Crippen LogP contribution in [-0.4, -0.2) is 51.8 Å². The number of hydrogen-bond donors (Lipinski definition) is 1. The maximum absolute atomic E-state index is 13.4. The van der Waals surface area contributed by atoms with E-state index in [0.29, 0.717) is 11.6 Å². The fraction of sp³-hybridized carbons (Fsp3) is 0.409. The molecule has 2 aromatic heterocycles. The second kappa shape index (κ2) is 7.72. The van der Waals surface area contributed by atoms with Crippen molar-refractivity contribution in [2.24, 2.45) is 0 Å². The lowest BCUT2D eigenvalue weighted by atomic mass is 10.0. The van der Waals surface area contributed by atoms with Crippen LogP contribution >= 0.6 is 0 Å². The summed E-state index contributed by atoms with van der Waals surface area (Å²) in [7, 11) is 1.99. The Kier molecular flexibility index (Phi) is 5.13. The van der Waals surface area contributed by atoms with E-state index in [1.807, 2.05) is 53.0 Å². The van der Waals surface area contributed by atoms with Crippen LogP contribution in [0.1, 0.15) is 43.1 Å². The molecule has 0 aliphatic carbocycles. The summed E-state index contributed by atoms with van der Waals surface area (Å²) < 4.78 is 1.89. The zero-order valence-corrected chi connectivity index (χ0v) is 16.7. The van der Waals surface area contributed by atoms with Crippen molar-refractivity contribution < 1.29 is 4.79 Å². The Morgan fingerprint density at radius 3 is 2.54 bits per heavy atom. The van der Waals surface area contributed by atoms with E-state index in [9.17, 15) is 4.79 Å². The zero-order valence-electron chi connectivity index (χ0n) is 16.7. The Morgan fingerprint density at radius 2 is 1.89 bits per heavy atom. The zero-order chi connectivity index (χ0) is 19.7. The molecule has 1 saturated heterocycles. The quantitative estimate of drug-likeness (QED) is 0.756. The van der Waals surface area contributed by atoms with Gasteiger partial charge in [-0.1, -0.05) is 30.3 Å². The van der Waals surface area contributed by atoms with Crippen molar-refractivity contribution in [2.45, 2.75) is 38.8 Å². The molecule has 0 spiro atoms. The summed E-state index contributed by atoms with van der Waals surface area (Å²) in [6.07, 6.45) is 3.74. The highest BCUT2D eigenvalue weighted by molar-refractivity contribution is 6.06. The maximum atomic E-state index is 13.4. The van der Waals surface area contributed by atoms with Crippen LogP contribution in [0, 0.1) is 0 Å². The molecule has 1 aliphatic rings. The second-order valence-electron chi connectivity index (χ2n) is 7.70. The van der Waals surface area contributed by atoms with Crippen LogP contribution in [0.2, 0.25) is 0 Å². The van der Waals surface area contributed by atoms with Crippen LogP contribution in [0.3, 0.4) is 0 Å². The Labute approximate surface area is 165 Å². The van der Waals surface area contributed by atoms with Gasteiger partial charge in [-0.2, -0.15) is 5.10 Å². The number of piperidine rings is 1. The van der Waals surface area contributed by atoms with Crippen LogP contribution in [-0.2, 0) is 0 Å². The third kappa shape index (κ3) is 3.40. The molecule has 1 N–H and O–H groups in total. The van der Waals surface area contributed by atoms with Crippen molar-refractivity contribution in [1.29, 1.82) is 0 Å². The minimum Gasteiger partial charge on any atom is -0.339 e. The molecule has 0 unspecified atom stereocenters. The van der Waals surface area contributed by atoms with Crippen LogP contribution < -0.4 is 5.32 Å². The molecule has 146 valence electrons. The van der Waals surface area contributed by atoms with Gasteiger partial charge in [-0.05, 0) is 39.8 Å². The average molecular weight is 377 g/mol. The monoisotopic (exact) mass is 377 g/mol. The minimum atomic E-state index is 0.0717. The molecule has 0 bridgehead atoms. The molecule has 1 aromatic carbocycles. The fourth-order valence-corrected chi connectivity index (χ4v) is 3.87. The molecule has 0 radical (unpaired) electrons. The molecule has 28 heavy (non-hydrogen) atoms. The fourth-order valence-electron chi connectivity index (χ4n) is 3.87. The average Bonchev–Trinajstić information content (AvgIpc) is 3.17. The van der Waals surface area contributed by atoms with Crippen molar-refractivity contribution in [3.8, 4) is 11.3 Å². The van der Waals surface area contributed by atoms with Crippen LogP contribution in [0.25, 0.3) is 22.3 Å². The standard InChI is InChI=1S/C22H27N5O/c1-15(2)27-21-19(14-24-27)18(13-20(25-21)16-7-5-4-6-8-16)22(28)26-11-9-17(23-3)10-12-26/h4-8,13-15,17,23H,9-12H2,1-3H3. The van der Waals surface area contributed by atoms with E-state index in [2.05, 4.69) is 24.3 Å². The number of nitrogens with one attached hydrogen (secondary N) is 1. The van der Waals surface area contributed by atoms with Gasteiger partial charge in [-0.3, -0.25) is 4.79 Å². The summed E-state index contributed by atoms with van der Waals surface area (Å²) in [5, 5.41) is 8.66. The number of benzene rings is 1. The van der Waals surface area contributed by atoms with Gasteiger partial charge in [0, 0.05) is 30.7 Å². The van der Waals surface area contributed by atoms with Crippen molar-refractivity contribution in [3.05, 3.63) is 48.2 Å². The van der Waals surface area contributed by atoms with E-state index in [-0.39, 0.29) is 11.9 Å². The summed E-state index contributed by atoms with van der Waals surface area (Å²) in [6, 6.07) is 12.6. The van der Waals surface area contributed by atoms with E-state index in [1.165, 1.54) is 0 Å². The third-order valence-corrected chi connectivity index (χ3v) is 5.55. The summed E-state index contributed by atoms with van der Waals surface area (Å²) in [6.45, 7) is 5.70. The van der Waals surface area contributed by atoms with Crippen molar-refractivity contribution >= 4 is 16.9 Å². The van der Waals surface area contributed by atoms with Crippen LogP contribution in [0.4, 0.5) is 0 Å². The van der Waals surface area contributed by atoms with Crippen molar-refractivity contribution in [2.75, 3.05) is 20.1 Å². The molecule has 6 heteroatoms. The number of hydrogen-bond acceptors (Lipinski definition) is 4. The number of likely N-dealkylation sites (tertiary alicyclic amines) is 1. The number of nitrogens with zero attached hydrogens (tertiary/aromatic N) is 4. The molecule has 0 saturated carbocycles. The number of aromatic nitrogens is 3. The molecular weight excluding hydrogens is 350 g/mol. The SMILES string of the molecule is CNC1CCN(C(=O)c2cc(-c3ccccc3)nc3c2cnn3C(C)C)CC1. The van der Waals surface area contributed by atoms with Gasteiger partial charge in [-0.25, -0.2) is 9.67 Å². The lowest BCUT2D eigenvalue weighted by Crippen LogP contribution is -2.44. The number of fused-ring (bicyclic) bond motifs is 1. The highest BCUT2D eigenvalue weighted by Crippen LogP contribution is 2.28. The first-order chi connectivity index (χ1) is 13.6. The number of amides is 1. The molecular formula is C22H27N5O. The van der Waals surface area contributed by atoms with Crippen molar-refractivity contribution in [1.82, 2.24) is 25.0 Å². The van der Waals surface area contributed by atoms with E-state index < -0.39 is 0 Å². The molecule has 4 rings (SSSR count). The van der Waals surface area contributed by atoms with Crippen LogP contribution in [0.5, 0.6) is 0 Å². The molecule has 0 atom stereocenters. The highest BCUT2D eigenvalue weighted by Gasteiger charge is 2.26. The Bertz CT molecular complexity index is 971. The Hall–Kier alpha value is -2.73. The molecule has 3 aromatic rings. The predicted molar refractivity (Wildman–Crippen MR) is 111 cm³/mol. The normalized spacial score (nSPS) is 15.5. The van der Waals surface area contributed by atoms with Crippen LogP contribution in [0.15, 0.2) is 42.6 Å². The van der Waals surface area contributed by atoms with Gasteiger partial charge in [0.2, 0.25) is 0 Å². The van der Waals surface area contributed by atoms with Gasteiger partial charge in [-0.15, -0.1) is 0 Å². The summed E-state index contributed by atoms with van der Waals surface area (Å²) in [5.41, 5.74) is 3.27. The number of carbonyl (C=O) groups excluding carboxylic acids is 1. The van der Waals surface area contributed by atoms with Gasteiger partial charge in [0.15, 0.2) is 5.65 Å². The van der Waals surface area contributed by atoms with Gasteiger partial charge in [0.1, 0.15) is 0 Å². The molecule has 6 nitrogen and oxygen atoms in total. The van der Waals surface area contributed by atoms with Gasteiger partial charge < -0.3 is 10.2 Å². The lowest BCUT2D eigenvalue weighted by Gasteiger charge is -2.32. The summed E-state index contributed by atoms with van der Waals surface area (Å²) in [5.74, 6) is 0.0717. The second-order valence-corrected chi connectivity index (χ2v) is 7.70. The lowest BCUT2D eigenvalue weighted by molar-refractivity contribution is 0.0709. The predicted octanol–water partition coefficient (Wildman–Crippen LogP) is 3.50. The smallest absolute Gasteiger partial charge is 0.254 e. The maximum Gasteiger partial charge on any atom is 0.254 e. The van der Waals surface area contributed by atoms with E-state index >= 15 is 0 Å². The number of carbonyl (C=O) groups is 1. The first-order valence-electron chi connectivity index (χ1n) is 9.98. The van der Waals surface area contributed by atoms with Gasteiger partial charge in [0.05, 0.1) is 22.8 Å². The molecule has 3 heterocycles. The van der Waals surface area contributed by atoms with Gasteiger partial charge in [0.25, 0.3) is 5.91 Å².